The molecule has 1 aliphatic carbocycles. The van der Waals surface area contributed by atoms with Gasteiger partial charge in [0.1, 0.15) is 0 Å². The monoisotopic (exact) mass is 789 g/mol. The molecule has 0 spiro atoms. The summed E-state index contributed by atoms with van der Waals surface area (Å²) >= 11 is 1.52. The first-order valence-corrected chi connectivity index (χ1v) is 17.6. The zero-order valence-electron chi connectivity index (χ0n) is 25.5. The third-order valence-corrected chi connectivity index (χ3v) is 9.07. The van der Waals surface area contributed by atoms with Crippen LogP contribution < -0.4 is 10.6 Å². The van der Waals surface area contributed by atoms with Gasteiger partial charge in [-0.1, -0.05) is 44.6 Å². The number of nitrogens with zero attached hydrogens (tertiary/aromatic N) is 5. The molecule has 0 saturated heterocycles. The summed E-state index contributed by atoms with van der Waals surface area (Å²) < 4.78 is 1.12. The maximum atomic E-state index is 14.0. The molecular weight excluding hydrogens is 751 g/mol. The molecule has 0 bridgehead atoms. The van der Waals surface area contributed by atoms with E-state index in [0.717, 1.165) is 70.5 Å². The van der Waals surface area contributed by atoms with Crippen molar-refractivity contribution in [2.75, 3.05) is 25.0 Å². The Kier molecular flexibility index (Phi) is 10.5. The number of carbonyl (C=O) groups is 3. The molecule has 2 heterocycles. The predicted octanol–water partition coefficient (Wildman–Crippen LogP) is 4.92. The van der Waals surface area contributed by atoms with Crippen molar-refractivity contribution >= 4 is 70.4 Å². The molecular formula is C33H38N7O3Po. The number of aromatic nitrogens is 4. The molecule has 2 N–H and O–H groups in total. The van der Waals surface area contributed by atoms with Gasteiger partial charge in [0.25, 0.3) is 0 Å². The summed E-state index contributed by atoms with van der Waals surface area (Å²) in [7, 11) is 0. The van der Waals surface area contributed by atoms with E-state index in [9.17, 15) is 14.4 Å². The van der Waals surface area contributed by atoms with E-state index in [4.69, 9.17) is 0 Å². The van der Waals surface area contributed by atoms with E-state index in [1.165, 1.54) is 30.0 Å². The van der Waals surface area contributed by atoms with Crippen LogP contribution in [0.4, 0.5) is 5.69 Å². The Labute approximate surface area is 273 Å². The van der Waals surface area contributed by atoms with E-state index in [2.05, 4.69) is 57.0 Å². The van der Waals surface area contributed by atoms with Crippen molar-refractivity contribution in [2.24, 2.45) is 5.92 Å². The zero-order valence-corrected chi connectivity index (χ0v) is 28.7. The minimum atomic E-state index is -0.367. The van der Waals surface area contributed by atoms with Crippen molar-refractivity contribution in [1.29, 1.82) is 0 Å². The van der Waals surface area contributed by atoms with Crippen molar-refractivity contribution in [3.8, 4) is 0 Å². The molecule has 1 aromatic heterocycles. The Morgan fingerprint density at radius 2 is 1.77 bits per heavy atom. The Balaban J connectivity index is 1.57. The van der Waals surface area contributed by atoms with E-state index in [-0.39, 0.29) is 36.7 Å². The Morgan fingerprint density at radius 1 is 1.00 bits per heavy atom. The molecule has 3 amide bonds. The number of rotatable bonds is 13. The number of hydrogen-bond donors (Lipinski definition) is 2. The fourth-order valence-corrected chi connectivity index (χ4v) is 6.48. The Hall–Kier alpha value is -3.57. The first kappa shape index (κ1) is 31.8. The third kappa shape index (κ3) is 6.73. The SMILES string of the molecule is CCCCNc1c(C2=CCC(C)C=C2c2nnc(C)nn2)cc2c3c(cccc13)C(=O)N(CCNC(=O)CCC[CH2][Po])C2=O. The Morgan fingerprint density at radius 3 is 2.52 bits per heavy atom. The number of unbranched alkanes of at least 4 members (excludes halogenated alkanes) is 2. The molecule has 3 aromatic rings. The summed E-state index contributed by atoms with van der Waals surface area (Å²) in [6.07, 6.45) is 9.41. The van der Waals surface area contributed by atoms with Crippen LogP contribution in [0.25, 0.3) is 21.9 Å². The molecule has 5 rings (SSSR count). The molecule has 2 aliphatic rings. The summed E-state index contributed by atoms with van der Waals surface area (Å²) in [5.41, 5.74) is 4.37. The average molecular weight is 790 g/mol. The normalized spacial score (nSPS) is 16.2. The number of anilines is 1. The summed E-state index contributed by atoms with van der Waals surface area (Å²) in [6, 6.07) is 7.51. The quantitative estimate of drug-likeness (QED) is 0.185. The van der Waals surface area contributed by atoms with Crippen LogP contribution in [0.1, 0.15) is 90.3 Å². The van der Waals surface area contributed by atoms with E-state index < -0.39 is 0 Å². The van der Waals surface area contributed by atoms with Gasteiger partial charge in [-0.05, 0) is 31.3 Å². The molecule has 229 valence electrons. The molecule has 1 atom stereocenters. The number of aryl methyl sites for hydroxylation is 1. The summed E-state index contributed by atoms with van der Waals surface area (Å²) in [5.74, 6) is 0.399. The average Bonchev–Trinajstić information content (AvgIpc) is 3.02. The van der Waals surface area contributed by atoms with Crippen LogP contribution in [0.15, 0.2) is 36.4 Å². The van der Waals surface area contributed by atoms with Crippen LogP contribution in [-0.2, 0) is 4.79 Å². The summed E-state index contributed by atoms with van der Waals surface area (Å²) in [5, 5.41) is 25.0. The van der Waals surface area contributed by atoms with Crippen LogP contribution in [0, 0.1) is 12.8 Å². The van der Waals surface area contributed by atoms with Gasteiger partial charge in [0.05, 0.1) is 0 Å². The van der Waals surface area contributed by atoms with Crippen molar-refractivity contribution < 1.29 is 14.4 Å². The van der Waals surface area contributed by atoms with Gasteiger partial charge >= 0.3 is 132 Å². The van der Waals surface area contributed by atoms with Gasteiger partial charge in [0.15, 0.2) is 5.82 Å². The number of carbonyl (C=O) groups excluding carboxylic acids is 3. The van der Waals surface area contributed by atoms with Crippen molar-refractivity contribution in [2.45, 2.75) is 63.4 Å². The second-order valence-corrected chi connectivity index (χ2v) is 12.9. The summed E-state index contributed by atoms with van der Waals surface area (Å²) in [4.78, 5) is 41.3. The Bertz CT molecular complexity index is 1630. The number of allylic oxidation sites excluding steroid dienone is 4. The first-order valence-electron chi connectivity index (χ1n) is 15.4. The van der Waals surface area contributed by atoms with Crippen molar-refractivity contribution in [3.05, 3.63) is 64.8 Å². The number of benzene rings is 2. The molecule has 2 aromatic carbocycles. The minimum absolute atomic E-state index is 0.0574. The topological polar surface area (TPSA) is 130 Å². The predicted molar refractivity (Wildman–Crippen MR) is 172 cm³/mol. The van der Waals surface area contributed by atoms with E-state index in [1.807, 2.05) is 18.2 Å². The van der Waals surface area contributed by atoms with Crippen LogP contribution in [0.5, 0.6) is 0 Å². The maximum absolute atomic E-state index is 14.0. The second kappa shape index (κ2) is 14.5. The molecule has 10 nitrogen and oxygen atoms in total. The van der Waals surface area contributed by atoms with Crippen LogP contribution in [-0.4, -0.2) is 87.7 Å². The fourth-order valence-electron chi connectivity index (χ4n) is 5.69. The van der Waals surface area contributed by atoms with Gasteiger partial charge in [-0.2, -0.15) is 0 Å². The second-order valence-electron chi connectivity index (χ2n) is 11.3. The van der Waals surface area contributed by atoms with Crippen LogP contribution >= 0.6 is 0 Å². The van der Waals surface area contributed by atoms with Crippen molar-refractivity contribution in [1.82, 2.24) is 30.6 Å². The summed E-state index contributed by atoms with van der Waals surface area (Å²) in [6.45, 7) is 7.07. The van der Waals surface area contributed by atoms with Crippen LogP contribution in [0.3, 0.4) is 0 Å². The van der Waals surface area contributed by atoms with Gasteiger partial charge in [0, 0.05) is 28.8 Å². The van der Waals surface area contributed by atoms with E-state index in [0.29, 0.717) is 34.6 Å². The van der Waals surface area contributed by atoms with Crippen molar-refractivity contribution in [3.63, 3.8) is 0 Å². The molecule has 44 heavy (non-hydrogen) atoms. The molecule has 0 saturated carbocycles. The zero-order chi connectivity index (χ0) is 31.2. The van der Waals surface area contributed by atoms with Gasteiger partial charge in [-0.15, -0.1) is 20.4 Å². The number of nitrogens with one attached hydrogen (secondary N) is 2. The standard InChI is InChI=1S/C33H38N7O3.Po/c1-5-7-12-28(41)34-16-17-40-32(42)24-11-9-10-23-29(24)27(33(40)43)19-25(30(23)35-15-8-6-2)22-14-13-20(3)18-26(22)31-38-36-21(4)37-39-31;/h9-11,14,18-20,35H,1,5-8,12-13,15-17H2,2-4H3,(H,34,41);. The molecule has 1 unspecified atom stereocenters. The van der Waals surface area contributed by atoms with Gasteiger partial charge in [0.2, 0.25) is 5.82 Å². The van der Waals surface area contributed by atoms with Gasteiger partial charge in [-0.3, -0.25) is 0 Å². The number of imide groups is 1. The third-order valence-electron chi connectivity index (χ3n) is 7.95. The van der Waals surface area contributed by atoms with Gasteiger partial charge in [-0.25, -0.2) is 0 Å². The molecule has 1 aliphatic heterocycles. The molecule has 11 heteroatoms. The van der Waals surface area contributed by atoms with Gasteiger partial charge < -0.3 is 5.32 Å². The fraction of sp³-hybridized carbons (Fsp3) is 0.424. The van der Waals surface area contributed by atoms with E-state index >= 15 is 0 Å². The number of hydrogen-bond acceptors (Lipinski definition) is 8. The van der Waals surface area contributed by atoms with E-state index in [1.54, 1.807) is 13.0 Å². The number of amides is 3. The first-order chi connectivity index (χ1) is 21.3. The molecule has 1 radical (unpaired) electrons. The molecule has 0 fully saturated rings. The van der Waals surface area contributed by atoms with Crippen LogP contribution in [0.2, 0.25) is 4.08 Å².